The molecule has 0 bridgehead atoms. The summed E-state index contributed by atoms with van der Waals surface area (Å²) in [5.41, 5.74) is 1.81. The number of hydrogen-bond acceptors (Lipinski definition) is 3. The van der Waals surface area contributed by atoms with Crippen molar-refractivity contribution < 1.29 is 9.90 Å². The first kappa shape index (κ1) is 14.7. The van der Waals surface area contributed by atoms with Gasteiger partial charge in [0.15, 0.2) is 5.65 Å². The number of phenols is 1. The fourth-order valence-electron chi connectivity index (χ4n) is 2.23. The number of carbonyl (C=O) groups is 1. The number of rotatable bonds is 2. The minimum Gasteiger partial charge on any atom is -0.508 e. The van der Waals surface area contributed by atoms with E-state index in [-0.39, 0.29) is 11.7 Å². The first-order chi connectivity index (χ1) is 10.5. The van der Waals surface area contributed by atoms with Crippen molar-refractivity contribution in [1.82, 2.24) is 9.38 Å². The molecular formula is C15H11Cl2N3O2. The SMILES string of the molecule is Cc1nc2c(Cl)cc(Cl)cn2c1C(=O)Nc1cccc(O)c1. The zero-order valence-electron chi connectivity index (χ0n) is 11.5. The topological polar surface area (TPSA) is 66.6 Å². The van der Waals surface area contributed by atoms with Crippen LogP contribution in [-0.2, 0) is 0 Å². The van der Waals surface area contributed by atoms with Gasteiger partial charge in [-0.2, -0.15) is 0 Å². The lowest BCUT2D eigenvalue weighted by Gasteiger charge is -2.07. The van der Waals surface area contributed by atoms with Crippen LogP contribution in [0.2, 0.25) is 10.0 Å². The van der Waals surface area contributed by atoms with Crippen molar-refractivity contribution in [3.63, 3.8) is 0 Å². The lowest BCUT2D eigenvalue weighted by Crippen LogP contribution is -2.15. The van der Waals surface area contributed by atoms with Gasteiger partial charge in [0.1, 0.15) is 11.4 Å². The van der Waals surface area contributed by atoms with Crippen LogP contribution < -0.4 is 5.32 Å². The molecule has 112 valence electrons. The Hall–Kier alpha value is -2.24. The Kier molecular flexibility index (Phi) is 3.68. The van der Waals surface area contributed by atoms with Crippen molar-refractivity contribution in [3.8, 4) is 5.75 Å². The summed E-state index contributed by atoms with van der Waals surface area (Å²) < 4.78 is 1.55. The number of nitrogens with zero attached hydrogens (tertiary/aromatic N) is 2. The van der Waals surface area contributed by atoms with E-state index in [1.165, 1.54) is 12.1 Å². The van der Waals surface area contributed by atoms with Crippen molar-refractivity contribution in [3.05, 3.63) is 58.0 Å². The van der Waals surface area contributed by atoms with Gasteiger partial charge in [-0.1, -0.05) is 29.3 Å². The third-order valence-corrected chi connectivity index (χ3v) is 3.62. The summed E-state index contributed by atoms with van der Waals surface area (Å²) in [6.07, 6.45) is 1.58. The molecule has 0 saturated carbocycles. The second kappa shape index (κ2) is 5.51. The smallest absolute Gasteiger partial charge is 0.274 e. The van der Waals surface area contributed by atoms with Gasteiger partial charge in [0, 0.05) is 18.0 Å². The lowest BCUT2D eigenvalue weighted by atomic mass is 10.2. The molecule has 0 aliphatic rings. The number of pyridine rings is 1. The van der Waals surface area contributed by atoms with Gasteiger partial charge in [0.2, 0.25) is 0 Å². The molecule has 2 heterocycles. The number of nitrogens with one attached hydrogen (secondary N) is 1. The molecule has 2 aromatic heterocycles. The van der Waals surface area contributed by atoms with Crippen molar-refractivity contribution in [2.45, 2.75) is 6.92 Å². The molecule has 0 aliphatic heterocycles. The number of fused-ring (bicyclic) bond motifs is 1. The van der Waals surface area contributed by atoms with Gasteiger partial charge in [0.05, 0.1) is 15.7 Å². The second-order valence-electron chi connectivity index (χ2n) is 4.75. The van der Waals surface area contributed by atoms with Crippen molar-refractivity contribution >= 4 is 40.4 Å². The highest BCUT2D eigenvalue weighted by Crippen LogP contribution is 2.25. The van der Waals surface area contributed by atoms with Crippen molar-refractivity contribution in [1.29, 1.82) is 0 Å². The maximum absolute atomic E-state index is 12.5. The molecule has 3 aromatic rings. The second-order valence-corrected chi connectivity index (χ2v) is 5.59. The number of carbonyl (C=O) groups excluding carboxylic acids is 1. The third-order valence-electron chi connectivity index (χ3n) is 3.14. The number of amides is 1. The zero-order chi connectivity index (χ0) is 15.9. The molecule has 1 amide bonds. The van der Waals surface area contributed by atoms with Crippen molar-refractivity contribution in [2.24, 2.45) is 0 Å². The standard InChI is InChI=1S/C15H11Cl2N3O2/c1-8-13(15(22)19-10-3-2-4-11(21)6-10)20-7-9(16)5-12(17)14(20)18-8/h2-7,21H,1H3,(H,19,22). The lowest BCUT2D eigenvalue weighted by molar-refractivity contribution is 0.102. The highest BCUT2D eigenvalue weighted by molar-refractivity contribution is 6.36. The normalized spacial score (nSPS) is 10.9. The third kappa shape index (κ3) is 2.61. The Morgan fingerprint density at radius 3 is 2.82 bits per heavy atom. The molecule has 7 heteroatoms. The summed E-state index contributed by atoms with van der Waals surface area (Å²) in [5.74, 6) is -0.298. The monoisotopic (exact) mass is 335 g/mol. The summed E-state index contributed by atoms with van der Waals surface area (Å²) in [6.45, 7) is 1.72. The molecule has 1 aromatic carbocycles. The number of hydrogen-bond donors (Lipinski definition) is 2. The Bertz CT molecular complexity index is 890. The van der Waals surface area contributed by atoms with Crippen LogP contribution in [0.15, 0.2) is 36.5 Å². The van der Waals surface area contributed by atoms with Crippen LogP contribution in [0.5, 0.6) is 5.75 Å². The number of halogens is 2. The van der Waals surface area contributed by atoms with E-state index in [1.54, 1.807) is 35.7 Å². The average molecular weight is 336 g/mol. The van der Waals surface area contributed by atoms with Gasteiger partial charge in [-0.15, -0.1) is 0 Å². The molecular weight excluding hydrogens is 325 g/mol. The number of imidazole rings is 1. The predicted octanol–water partition coefficient (Wildman–Crippen LogP) is 3.91. The van der Waals surface area contributed by atoms with Crippen LogP contribution in [0.25, 0.3) is 5.65 Å². The van der Waals surface area contributed by atoms with Crippen LogP contribution >= 0.6 is 23.2 Å². The number of phenolic OH excluding ortho intramolecular Hbond substituents is 1. The highest BCUT2D eigenvalue weighted by atomic mass is 35.5. The van der Waals surface area contributed by atoms with E-state index in [0.29, 0.717) is 32.8 Å². The summed E-state index contributed by atoms with van der Waals surface area (Å²) in [6, 6.07) is 7.86. The number of aromatic nitrogens is 2. The van der Waals surface area contributed by atoms with Crippen LogP contribution in [0, 0.1) is 6.92 Å². The molecule has 0 spiro atoms. The van der Waals surface area contributed by atoms with E-state index in [4.69, 9.17) is 23.2 Å². The Balaban J connectivity index is 2.06. The number of aryl methyl sites for hydroxylation is 1. The Morgan fingerprint density at radius 2 is 2.09 bits per heavy atom. The number of benzene rings is 1. The molecule has 3 rings (SSSR count). The van der Waals surface area contributed by atoms with Crippen LogP contribution in [0.1, 0.15) is 16.2 Å². The fourth-order valence-corrected chi connectivity index (χ4v) is 2.75. The van der Waals surface area contributed by atoms with E-state index < -0.39 is 0 Å². The predicted molar refractivity (Wildman–Crippen MR) is 86.0 cm³/mol. The maximum Gasteiger partial charge on any atom is 0.274 e. The zero-order valence-corrected chi connectivity index (χ0v) is 13.0. The van der Waals surface area contributed by atoms with Gasteiger partial charge in [-0.3, -0.25) is 9.20 Å². The first-order valence-corrected chi connectivity index (χ1v) is 7.15. The quantitative estimate of drug-likeness (QED) is 0.746. The van der Waals surface area contributed by atoms with E-state index in [9.17, 15) is 9.90 Å². The molecule has 2 N–H and O–H groups in total. The molecule has 0 unspecified atom stereocenters. The molecule has 0 atom stereocenters. The van der Waals surface area contributed by atoms with Crippen LogP contribution in [0.3, 0.4) is 0 Å². The number of aromatic hydroxyl groups is 1. The maximum atomic E-state index is 12.5. The summed E-state index contributed by atoms with van der Waals surface area (Å²) in [4.78, 5) is 16.8. The molecule has 0 saturated heterocycles. The van der Waals surface area contributed by atoms with Gasteiger partial charge in [0.25, 0.3) is 5.91 Å². The van der Waals surface area contributed by atoms with Crippen LogP contribution in [-0.4, -0.2) is 20.4 Å². The summed E-state index contributed by atoms with van der Waals surface area (Å²) >= 11 is 12.1. The van der Waals surface area contributed by atoms with Gasteiger partial charge in [-0.05, 0) is 25.1 Å². The molecule has 0 aliphatic carbocycles. The Labute approximate surface area is 136 Å². The van der Waals surface area contributed by atoms with Gasteiger partial charge < -0.3 is 10.4 Å². The fraction of sp³-hybridized carbons (Fsp3) is 0.0667. The van der Waals surface area contributed by atoms with Crippen LogP contribution in [0.4, 0.5) is 5.69 Å². The minimum absolute atomic E-state index is 0.0683. The molecule has 22 heavy (non-hydrogen) atoms. The molecule has 0 radical (unpaired) electrons. The Morgan fingerprint density at radius 1 is 1.32 bits per heavy atom. The summed E-state index contributed by atoms with van der Waals surface area (Å²) in [7, 11) is 0. The first-order valence-electron chi connectivity index (χ1n) is 6.40. The van der Waals surface area contributed by atoms with Gasteiger partial charge >= 0.3 is 0 Å². The van der Waals surface area contributed by atoms with Crippen molar-refractivity contribution in [2.75, 3.05) is 5.32 Å². The molecule has 5 nitrogen and oxygen atoms in total. The van der Waals surface area contributed by atoms with E-state index >= 15 is 0 Å². The summed E-state index contributed by atoms with van der Waals surface area (Å²) in [5, 5.41) is 12.9. The van der Waals surface area contributed by atoms with E-state index in [2.05, 4.69) is 10.3 Å². The van der Waals surface area contributed by atoms with E-state index in [1.807, 2.05) is 0 Å². The average Bonchev–Trinajstić information content (AvgIpc) is 2.75. The minimum atomic E-state index is -0.367. The van der Waals surface area contributed by atoms with Gasteiger partial charge in [-0.25, -0.2) is 4.98 Å². The largest absolute Gasteiger partial charge is 0.508 e. The number of anilines is 1. The molecule has 0 fully saturated rings. The van der Waals surface area contributed by atoms with E-state index in [0.717, 1.165) is 0 Å². The highest BCUT2D eigenvalue weighted by Gasteiger charge is 2.19.